The number of likely N-dealkylation sites (tertiary alicyclic amines) is 1. The van der Waals surface area contributed by atoms with Crippen molar-refractivity contribution in [3.63, 3.8) is 0 Å². The van der Waals surface area contributed by atoms with Gasteiger partial charge in [-0.1, -0.05) is 0 Å². The van der Waals surface area contributed by atoms with Crippen LogP contribution in [-0.4, -0.2) is 59.6 Å². The van der Waals surface area contributed by atoms with Gasteiger partial charge in [-0.25, -0.2) is 4.99 Å². The first-order valence-corrected chi connectivity index (χ1v) is 11.3. The van der Waals surface area contributed by atoms with Crippen molar-refractivity contribution in [3.8, 4) is 17.2 Å². The average molecular weight is 476 g/mol. The van der Waals surface area contributed by atoms with E-state index in [1.165, 1.54) is 0 Å². The minimum atomic E-state index is -0.490. The van der Waals surface area contributed by atoms with Gasteiger partial charge in [0, 0.05) is 24.0 Å². The maximum atomic E-state index is 11.5. The molecule has 9 heteroatoms. The third kappa shape index (κ3) is 5.70. The molecule has 1 aliphatic heterocycles. The molecule has 35 heavy (non-hydrogen) atoms. The van der Waals surface area contributed by atoms with E-state index in [0.29, 0.717) is 47.4 Å². The number of aromatic nitrogens is 1. The fourth-order valence-electron chi connectivity index (χ4n) is 3.69. The Morgan fingerprint density at radius 3 is 2.60 bits per heavy atom. The van der Waals surface area contributed by atoms with Gasteiger partial charge in [0.05, 0.1) is 25.0 Å². The molecule has 2 heterocycles. The summed E-state index contributed by atoms with van der Waals surface area (Å²) < 4.78 is 11.9. The zero-order valence-corrected chi connectivity index (χ0v) is 20.0. The van der Waals surface area contributed by atoms with Crippen molar-refractivity contribution in [1.82, 2.24) is 9.88 Å². The van der Waals surface area contributed by atoms with Crippen LogP contribution in [0.4, 0.5) is 11.4 Å². The number of amides is 1. The number of aliphatic hydroxyl groups excluding tert-OH is 1. The lowest BCUT2D eigenvalue weighted by atomic mass is 10.1. The molecule has 0 aliphatic carbocycles. The summed E-state index contributed by atoms with van der Waals surface area (Å²) in [6, 6.07) is 14.9. The van der Waals surface area contributed by atoms with Gasteiger partial charge in [0.25, 0.3) is 0 Å². The van der Waals surface area contributed by atoms with Crippen LogP contribution in [0.5, 0.6) is 17.2 Å². The summed E-state index contributed by atoms with van der Waals surface area (Å²) in [5, 5.41) is 12.1. The molecule has 1 fully saturated rings. The molecule has 0 unspecified atom stereocenters. The Bertz CT molecular complexity index is 1240. The Morgan fingerprint density at radius 1 is 1.17 bits per heavy atom. The summed E-state index contributed by atoms with van der Waals surface area (Å²) >= 11 is 0. The molecule has 1 aliphatic rings. The Hall–Kier alpha value is -4.11. The zero-order chi connectivity index (χ0) is 24.9. The number of pyridine rings is 1. The summed E-state index contributed by atoms with van der Waals surface area (Å²) in [5.41, 5.74) is 10.4. The van der Waals surface area contributed by atoms with Crippen molar-refractivity contribution in [2.45, 2.75) is 20.0 Å². The standard InChI is InChI=1S/C26H29N5O4/c1-16-10-18(5-9-24(16)35-20-6-4-17(2)29-12-20)30-26(27)22-11-19(7-8-23(22)28-3)34-21-13-31(14-21)25(33)15-32/h4-12,21,28,32H,13-15H2,1-3H3,(H2,27,30). The van der Waals surface area contributed by atoms with E-state index in [1.807, 2.05) is 69.4 Å². The summed E-state index contributed by atoms with van der Waals surface area (Å²) in [7, 11) is 1.81. The van der Waals surface area contributed by atoms with E-state index >= 15 is 0 Å². The maximum Gasteiger partial charge on any atom is 0.248 e. The zero-order valence-electron chi connectivity index (χ0n) is 20.0. The fourth-order valence-corrected chi connectivity index (χ4v) is 3.69. The second kappa shape index (κ2) is 10.4. The van der Waals surface area contributed by atoms with Gasteiger partial charge in [-0.2, -0.15) is 0 Å². The molecular weight excluding hydrogens is 446 g/mol. The molecule has 1 aromatic heterocycles. The molecule has 9 nitrogen and oxygen atoms in total. The van der Waals surface area contributed by atoms with E-state index in [9.17, 15) is 4.79 Å². The lowest BCUT2D eigenvalue weighted by Crippen LogP contribution is -2.56. The fraction of sp³-hybridized carbons (Fsp3) is 0.269. The molecule has 3 aromatic rings. The van der Waals surface area contributed by atoms with E-state index in [-0.39, 0.29) is 12.0 Å². The Balaban J connectivity index is 1.49. The van der Waals surface area contributed by atoms with Crippen LogP contribution in [0.25, 0.3) is 0 Å². The molecule has 0 bridgehead atoms. The van der Waals surface area contributed by atoms with Crippen LogP contribution in [-0.2, 0) is 4.79 Å². The van der Waals surface area contributed by atoms with Crippen molar-refractivity contribution in [1.29, 1.82) is 0 Å². The lowest BCUT2D eigenvalue weighted by molar-refractivity contribution is -0.142. The van der Waals surface area contributed by atoms with E-state index in [0.717, 1.165) is 16.9 Å². The molecule has 4 N–H and O–H groups in total. The minimum Gasteiger partial charge on any atom is -0.487 e. The number of carbonyl (C=O) groups excluding carboxylic acids is 1. The highest BCUT2D eigenvalue weighted by molar-refractivity contribution is 6.04. The summed E-state index contributed by atoms with van der Waals surface area (Å²) in [6.07, 6.45) is 1.56. The number of nitrogens with two attached hydrogens (primary N) is 1. The predicted molar refractivity (Wildman–Crippen MR) is 135 cm³/mol. The van der Waals surface area contributed by atoms with Crippen LogP contribution in [0.2, 0.25) is 0 Å². The number of hydrogen-bond donors (Lipinski definition) is 3. The number of ether oxygens (including phenoxy) is 2. The van der Waals surface area contributed by atoms with Gasteiger partial charge in [-0.05, 0) is 67.9 Å². The topological polar surface area (TPSA) is 122 Å². The van der Waals surface area contributed by atoms with Gasteiger partial charge in [0.15, 0.2) is 0 Å². The number of carbonyl (C=O) groups is 1. The highest BCUT2D eigenvalue weighted by Crippen LogP contribution is 2.30. The molecule has 2 aromatic carbocycles. The van der Waals surface area contributed by atoms with Crippen molar-refractivity contribution in [3.05, 3.63) is 71.5 Å². The first-order valence-electron chi connectivity index (χ1n) is 11.3. The van der Waals surface area contributed by atoms with Crippen molar-refractivity contribution >= 4 is 23.1 Å². The number of hydrogen-bond acceptors (Lipinski definition) is 7. The number of aliphatic imine (C=N–C) groups is 1. The van der Waals surface area contributed by atoms with Crippen LogP contribution in [0.3, 0.4) is 0 Å². The molecule has 0 spiro atoms. The summed E-state index contributed by atoms with van der Waals surface area (Å²) in [4.78, 5) is 21.9. The van der Waals surface area contributed by atoms with Gasteiger partial charge in [-0.3, -0.25) is 9.78 Å². The Labute approximate surface area is 204 Å². The van der Waals surface area contributed by atoms with Crippen LogP contribution in [0.1, 0.15) is 16.8 Å². The molecule has 4 rings (SSSR count). The number of rotatable bonds is 8. The van der Waals surface area contributed by atoms with Gasteiger partial charge >= 0.3 is 0 Å². The molecule has 0 radical (unpaired) electrons. The third-order valence-corrected chi connectivity index (χ3v) is 5.70. The number of benzene rings is 2. The number of aliphatic hydroxyl groups is 1. The van der Waals surface area contributed by atoms with Crippen molar-refractivity contribution in [2.24, 2.45) is 10.7 Å². The Morgan fingerprint density at radius 2 is 1.94 bits per heavy atom. The highest BCUT2D eigenvalue weighted by Gasteiger charge is 2.31. The molecule has 0 saturated carbocycles. The van der Waals surface area contributed by atoms with E-state index in [4.69, 9.17) is 20.3 Å². The predicted octanol–water partition coefficient (Wildman–Crippen LogP) is 3.15. The minimum absolute atomic E-state index is 0.129. The maximum absolute atomic E-state index is 11.5. The first-order chi connectivity index (χ1) is 16.9. The van der Waals surface area contributed by atoms with Gasteiger partial charge in [0.2, 0.25) is 5.91 Å². The van der Waals surface area contributed by atoms with Crippen LogP contribution in [0.15, 0.2) is 59.7 Å². The van der Waals surface area contributed by atoms with Gasteiger partial charge in [-0.15, -0.1) is 0 Å². The number of anilines is 1. The summed E-state index contributed by atoms with van der Waals surface area (Å²) in [6.45, 7) is 4.27. The van der Waals surface area contributed by atoms with Gasteiger partial charge < -0.3 is 30.5 Å². The molecule has 182 valence electrons. The number of amidine groups is 1. The van der Waals surface area contributed by atoms with Crippen LogP contribution >= 0.6 is 0 Å². The van der Waals surface area contributed by atoms with Crippen LogP contribution < -0.4 is 20.5 Å². The lowest BCUT2D eigenvalue weighted by Gasteiger charge is -2.38. The quantitative estimate of drug-likeness (QED) is 0.338. The molecule has 1 saturated heterocycles. The average Bonchev–Trinajstić information content (AvgIpc) is 2.83. The van der Waals surface area contributed by atoms with E-state index in [2.05, 4.69) is 15.3 Å². The number of aryl methyl sites for hydroxylation is 2. The second-order valence-electron chi connectivity index (χ2n) is 8.34. The van der Waals surface area contributed by atoms with Crippen molar-refractivity contribution in [2.75, 3.05) is 32.1 Å². The highest BCUT2D eigenvalue weighted by atomic mass is 16.5. The smallest absolute Gasteiger partial charge is 0.248 e. The largest absolute Gasteiger partial charge is 0.487 e. The number of nitrogens with zero attached hydrogens (tertiary/aromatic N) is 3. The molecule has 1 amide bonds. The third-order valence-electron chi connectivity index (χ3n) is 5.70. The molecule has 0 atom stereocenters. The van der Waals surface area contributed by atoms with E-state index in [1.54, 1.807) is 11.1 Å². The van der Waals surface area contributed by atoms with E-state index < -0.39 is 6.61 Å². The first kappa shape index (κ1) is 24.0. The van der Waals surface area contributed by atoms with Gasteiger partial charge in [0.1, 0.15) is 35.8 Å². The second-order valence-corrected chi connectivity index (χ2v) is 8.34. The number of nitrogens with one attached hydrogen (secondary N) is 1. The monoisotopic (exact) mass is 475 g/mol. The Kier molecular flexibility index (Phi) is 7.17. The van der Waals surface area contributed by atoms with Crippen molar-refractivity contribution < 1.29 is 19.4 Å². The molecular formula is C26H29N5O4. The normalized spacial score (nSPS) is 13.8. The SMILES string of the molecule is CNc1ccc(OC2CN(C(=O)CO)C2)cc1C(N)=Nc1ccc(Oc2ccc(C)nc2)c(C)c1. The van der Waals surface area contributed by atoms with Crippen LogP contribution in [0, 0.1) is 13.8 Å². The summed E-state index contributed by atoms with van der Waals surface area (Å²) in [5.74, 6) is 2.05.